The number of benzene rings is 1. The summed E-state index contributed by atoms with van der Waals surface area (Å²) < 4.78 is 45.8. The summed E-state index contributed by atoms with van der Waals surface area (Å²) in [5.41, 5.74) is -0.246. The molecule has 1 N–H and O–H groups in total. The third kappa shape index (κ3) is 2.93. The Morgan fingerprint density at radius 3 is 2.76 bits per heavy atom. The SMILES string of the molecule is OC1CC2(CCCC(C(F)(F)F)C2)Oc2cc(Br)ccc21. The van der Waals surface area contributed by atoms with Crippen molar-refractivity contribution in [2.45, 2.75) is 50.0 Å². The Labute approximate surface area is 129 Å². The number of aliphatic hydroxyl groups is 1. The lowest BCUT2D eigenvalue weighted by atomic mass is 9.73. The van der Waals surface area contributed by atoms with E-state index < -0.39 is 23.8 Å². The molecule has 0 aromatic heterocycles. The van der Waals surface area contributed by atoms with Crippen molar-refractivity contribution in [1.29, 1.82) is 0 Å². The average Bonchev–Trinajstić information content (AvgIpc) is 2.36. The molecule has 6 heteroatoms. The largest absolute Gasteiger partial charge is 0.487 e. The Morgan fingerprint density at radius 1 is 1.29 bits per heavy atom. The lowest BCUT2D eigenvalue weighted by Gasteiger charge is -2.45. The number of hydrogen-bond acceptors (Lipinski definition) is 2. The van der Waals surface area contributed by atoms with Crippen molar-refractivity contribution in [2.75, 3.05) is 0 Å². The maximum absolute atomic E-state index is 13.0. The Hall–Kier alpha value is -0.750. The van der Waals surface area contributed by atoms with Gasteiger partial charge in [-0.3, -0.25) is 0 Å². The second-order valence-corrected chi connectivity index (χ2v) is 6.94. The van der Waals surface area contributed by atoms with Gasteiger partial charge in [0.2, 0.25) is 0 Å². The van der Waals surface area contributed by atoms with Crippen LogP contribution in [0.1, 0.15) is 43.8 Å². The number of fused-ring (bicyclic) bond motifs is 1. The minimum atomic E-state index is -4.20. The number of aliphatic hydroxyl groups excluding tert-OH is 1. The third-order valence-corrected chi connectivity index (χ3v) is 4.99. The van der Waals surface area contributed by atoms with Crippen molar-refractivity contribution < 1.29 is 23.0 Å². The van der Waals surface area contributed by atoms with Gasteiger partial charge in [0.1, 0.15) is 11.4 Å². The van der Waals surface area contributed by atoms with Gasteiger partial charge in [0.05, 0.1) is 12.0 Å². The van der Waals surface area contributed by atoms with E-state index in [1.807, 2.05) is 0 Å². The molecule has 1 aliphatic carbocycles. The van der Waals surface area contributed by atoms with E-state index in [2.05, 4.69) is 15.9 Å². The number of ether oxygens (including phenoxy) is 1. The molecule has 0 saturated heterocycles. The highest BCUT2D eigenvalue weighted by Crippen LogP contribution is 2.50. The molecule has 3 rings (SSSR count). The van der Waals surface area contributed by atoms with Crippen LogP contribution in [0.25, 0.3) is 0 Å². The predicted octanol–water partition coefficient (Wildman–Crippen LogP) is 4.76. The van der Waals surface area contributed by atoms with Gasteiger partial charge in [-0.15, -0.1) is 0 Å². The first-order valence-corrected chi connectivity index (χ1v) is 7.82. The average molecular weight is 365 g/mol. The Bertz CT molecular complexity index is 546. The standard InChI is InChI=1S/C15H16BrF3O2/c16-10-3-4-11-12(20)8-14(21-13(11)6-10)5-1-2-9(7-14)15(17,18)19/h3-4,6,9,12,20H,1-2,5,7-8H2. The third-order valence-electron chi connectivity index (χ3n) is 4.49. The molecule has 1 aliphatic heterocycles. The molecular formula is C15H16BrF3O2. The van der Waals surface area contributed by atoms with Crippen LogP contribution >= 0.6 is 15.9 Å². The van der Waals surface area contributed by atoms with Crippen LogP contribution in [0.15, 0.2) is 22.7 Å². The quantitative estimate of drug-likeness (QED) is 0.719. The maximum Gasteiger partial charge on any atom is 0.391 e. The first-order valence-electron chi connectivity index (χ1n) is 7.02. The van der Waals surface area contributed by atoms with E-state index in [1.54, 1.807) is 18.2 Å². The minimum Gasteiger partial charge on any atom is -0.487 e. The number of halogens is 4. The van der Waals surface area contributed by atoms with Crippen molar-refractivity contribution in [1.82, 2.24) is 0 Å². The van der Waals surface area contributed by atoms with Crippen LogP contribution < -0.4 is 4.74 Å². The zero-order valence-electron chi connectivity index (χ0n) is 11.3. The molecule has 2 nitrogen and oxygen atoms in total. The molecule has 0 radical (unpaired) electrons. The summed E-state index contributed by atoms with van der Waals surface area (Å²) in [6, 6.07) is 5.26. The van der Waals surface area contributed by atoms with Crippen LogP contribution in [0.2, 0.25) is 0 Å². The summed E-state index contributed by atoms with van der Waals surface area (Å²) >= 11 is 3.32. The van der Waals surface area contributed by atoms with Crippen molar-refractivity contribution in [3.63, 3.8) is 0 Å². The van der Waals surface area contributed by atoms with Gasteiger partial charge < -0.3 is 9.84 Å². The molecule has 116 valence electrons. The highest BCUT2D eigenvalue weighted by Gasteiger charge is 2.51. The van der Waals surface area contributed by atoms with Gasteiger partial charge in [0.25, 0.3) is 0 Å². The summed E-state index contributed by atoms with van der Waals surface area (Å²) in [6.45, 7) is 0. The van der Waals surface area contributed by atoms with Gasteiger partial charge in [-0.2, -0.15) is 13.2 Å². The highest BCUT2D eigenvalue weighted by atomic mass is 79.9. The van der Waals surface area contributed by atoms with Gasteiger partial charge in [0, 0.05) is 16.5 Å². The highest BCUT2D eigenvalue weighted by molar-refractivity contribution is 9.10. The minimum absolute atomic E-state index is 0.0699. The fourth-order valence-corrected chi connectivity index (χ4v) is 3.83. The molecule has 0 bridgehead atoms. The Morgan fingerprint density at radius 2 is 2.05 bits per heavy atom. The molecule has 1 spiro atoms. The van der Waals surface area contributed by atoms with Crippen LogP contribution in [0.4, 0.5) is 13.2 Å². The molecule has 1 heterocycles. The van der Waals surface area contributed by atoms with E-state index in [1.165, 1.54) is 0 Å². The topological polar surface area (TPSA) is 29.5 Å². The molecule has 21 heavy (non-hydrogen) atoms. The zero-order valence-corrected chi connectivity index (χ0v) is 12.9. The summed E-state index contributed by atoms with van der Waals surface area (Å²) in [4.78, 5) is 0. The van der Waals surface area contributed by atoms with Crippen LogP contribution in [0, 0.1) is 5.92 Å². The van der Waals surface area contributed by atoms with E-state index in [0.717, 1.165) is 4.47 Å². The number of alkyl halides is 3. The predicted molar refractivity (Wildman–Crippen MR) is 75.1 cm³/mol. The van der Waals surface area contributed by atoms with Gasteiger partial charge in [-0.05, 0) is 37.8 Å². The molecule has 0 amide bonds. The van der Waals surface area contributed by atoms with Gasteiger partial charge in [-0.25, -0.2) is 0 Å². The molecule has 3 unspecified atom stereocenters. The number of hydrogen-bond donors (Lipinski definition) is 1. The van der Waals surface area contributed by atoms with Crippen LogP contribution in [0.3, 0.4) is 0 Å². The fraction of sp³-hybridized carbons (Fsp3) is 0.600. The van der Waals surface area contributed by atoms with Crippen molar-refractivity contribution in [3.05, 3.63) is 28.2 Å². The molecule has 1 aromatic carbocycles. The van der Waals surface area contributed by atoms with Crippen LogP contribution in [-0.4, -0.2) is 16.9 Å². The molecular weight excluding hydrogens is 349 g/mol. The van der Waals surface area contributed by atoms with Crippen molar-refractivity contribution in [3.8, 4) is 5.75 Å². The summed E-state index contributed by atoms with van der Waals surface area (Å²) in [5, 5.41) is 10.3. The van der Waals surface area contributed by atoms with Gasteiger partial charge in [0.15, 0.2) is 0 Å². The lowest BCUT2D eigenvalue weighted by molar-refractivity contribution is -0.201. The van der Waals surface area contributed by atoms with Crippen LogP contribution in [-0.2, 0) is 0 Å². The smallest absolute Gasteiger partial charge is 0.391 e. The van der Waals surface area contributed by atoms with E-state index in [-0.39, 0.29) is 19.3 Å². The molecule has 3 atom stereocenters. The second kappa shape index (κ2) is 5.16. The maximum atomic E-state index is 13.0. The van der Waals surface area contributed by atoms with Gasteiger partial charge in [-0.1, -0.05) is 22.0 Å². The monoisotopic (exact) mass is 364 g/mol. The summed E-state index contributed by atoms with van der Waals surface area (Å²) in [7, 11) is 0. The first kappa shape index (κ1) is 15.2. The van der Waals surface area contributed by atoms with Crippen molar-refractivity contribution in [2.24, 2.45) is 5.92 Å². The molecule has 1 fully saturated rings. The molecule has 1 saturated carbocycles. The van der Waals surface area contributed by atoms with E-state index >= 15 is 0 Å². The Balaban J connectivity index is 1.90. The van der Waals surface area contributed by atoms with E-state index in [9.17, 15) is 18.3 Å². The number of rotatable bonds is 0. The normalized spacial score (nSPS) is 32.6. The Kier molecular flexibility index (Phi) is 3.72. The van der Waals surface area contributed by atoms with E-state index in [4.69, 9.17) is 4.74 Å². The first-order chi connectivity index (χ1) is 9.79. The fourth-order valence-electron chi connectivity index (χ4n) is 3.49. The van der Waals surface area contributed by atoms with E-state index in [0.29, 0.717) is 24.2 Å². The lowest BCUT2D eigenvalue weighted by Crippen LogP contribution is -2.47. The van der Waals surface area contributed by atoms with Crippen molar-refractivity contribution >= 4 is 15.9 Å². The van der Waals surface area contributed by atoms with Crippen LogP contribution in [0.5, 0.6) is 5.75 Å². The van der Waals surface area contributed by atoms with Gasteiger partial charge >= 0.3 is 6.18 Å². The molecule has 1 aromatic rings. The summed E-state index contributed by atoms with van der Waals surface area (Å²) in [6.07, 6.45) is -3.62. The molecule has 2 aliphatic rings. The summed E-state index contributed by atoms with van der Waals surface area (Å²) in [5.74, 6) is -0.849. The zero-order chi connectivity index (χ0) is 15.3. The second-order valence-electron chi connectivity index (χ2n) is 6.02.